The Bertz CT molecular complexity index is 662. The fourth-order valence-electron chi connectivity index (χ4n) is 1.97. The first-order chi connectivity index (χ1) is 9.74. The topological polar surface area (TPSA) is 64.2 Å². The zero-order valence-electron chi connectivity index (χ0n) is 11.3. The normalized spacial score (nSPS) is 14.2. The smallest absolute Gasteiger partial charge is 0.251 e. The first-order valence-corrected chi connectivity index (χ1v) is 6.61. The number of H-pyrrole nitrogens is 1. The minimum absolute atomic E-state index is 0.185. The molecule has 3 rings (SSSR count). The maximum Gasteiger partial charge on any atom is 0.251 e. The van der Waals surface area contributed by atoms with Crippen molar-refractivity contribution in [2.24, 2.45) is 0 Å². The van der Waals surface area contributed by atoms with Crippen molar-refractivity contribution in [3.05, 3.63) is 46.5 Å². The Balaban J connectivity index is 1.92. The summed E-state index contributed by atoms with van der Waals surface area (Å²) in [5.74, 6) is 1.34. The van der Waals surface area contributed by atoms with Crippen LogP contribution < -0.4 is 10.3 Å². The molecule has 1 heterocycles. The monoisotopic (exact) mass is 272 g/mol. The SMILES string of the molecule is COCc1nc(-c2cccc(OC3CC3)c2)cc(=O)[nH]1. The summed E-state index contributed by atoms with van der Waals surface area (Å²) in [6.45, 7) is 0.279. The Labute approximate surface area is 116 Å². The van der Waals surface area contributed by atoms with Crippen LogP contribution in [0.2, 0.25) is 0 Å². The molecule has 0 unspecified atom stereocenters. The number of ether oxygens (including phenoxy) is 2. The molecule has 1 N–H and O–H groups in total. The summed E-state index contributed by atoms with van der Waals surface area (Å²) < 4.78 is 10.8. The van der Waals surface area contributed by atoms with Crippen molar-refractivity contribution < 1.29 is 9.47 Å². The van der Waals surface area contributed by atoms with Crippen LogP contribution in [0.1, 0.15) is 18.7 Å². The molecule has 0 aliphatic heterocycles. The number of methoxy groups -OCH3 is 1. The molecule has 0 spiro atoms. The molecule has 0 saturated heterocycles. The number of hydrogen-bond donors (Lipinski definition) is 1. The van der Waals surface area contributed by atoms with Crippen LogP contribution in [-0.2, 0) is 11.3 Å². The van der Waals surface area contributed by atoms with Crippen LogP contribution in [0, 0.1) is 0 Å². The van der Waals surface area contributed by atoms with Crippen molar-refractivity contribution in [2.75, 3.05) is 7.11 Å². The highest BCUT2D eigenvalue weighted by atomic mass is 16.5. The summed E-state index contributed by atoms with van der Waals surface area (Å²) >= 11 is 0. The highest BCUT2D eigenvalue weighted by Gasteiger charge is 2.23. The number of aromatic amines is 1. The molecule has 0 atom stereocenters. The Morgan fingerprint density at radius 2 is 2.20 bits per heavy atom. The molecule has 5 heteroatoms. The molecule has 2 aromatic rings. The van der Waals surface area contributed by atoms with E-state index < -0.39 is 0 Å². The van der Waals surface area contributed by atoms with Gasteiger partial charge in [0.15, 0.2) is 0 Å². The van der Waals surface area contributed by atoms with Gasteiger partial charge >= 0.3 is 0 Å². The van der Waals surface area contributed by atoms with Crippen molar-refractivity contribution in [3.63, 3.8) is 0 Å². The first kappa shape index (κ1) is 12.9. The number of rotatable bonds is 5. The van der Waals surface area contributed by atoms with Crippen LogP contribution in [-0.4, -0.2) is 23.2 Å². The zero-order chi connectivity index (χ0) is 13.9. The van der Waals surface area contributed by atoms with Gasteiger partial charge in [-0.3, -0.25) is 4.79 Å². The molecule has 1 aliphatic rings. The van der Waals surface area contributed by atoms with Gasteiger partial charge in [-0.1, -0.05) is 12.1 Å². The maximum absolute atomic E-state index is 11.6. The van der Waals surface area contributed by atoms with Gasteiger partial charge in [-0.05, 0) is 25.0 Å². The molecule has 1 aliphatic carbocycles. The van der Waals surface area contributed by atoms with Gasteiger partial charge in [0, 0.05) is 18.7 Å². The highest BCUT2D eigenvalue weighted by molar-refractivity contribution is 5.60. The molecular formula is C15H16N2O3. The van der Waals surface area contributed by atoms with E-state index in [9.17, 15) is 4.79 Å². The third-order valence-electron chi connectivity index (χ3n) is 3.03. The van der Waals surface area contributed by atoms with Gasteiger partial charge in [0.1, 0.15) is 18.2 Å². The van der Waals surface area contributed by atoms with Crippen molar-refractivity contribution in [1.29, 1.82) is 0 Å². The van der Waals surface area contributed by atoms with Gasteiger partial charge in [0.2, 0.25) is 0 Å². The summed E-state index contributed by atoms with van der Waals surface area (Å²) in [6.07, 6.45) is 2.58. The van der Waals surface area contributed by atoms with Crippen LogP contribution in [0.5, 0.6) is 5.75 Å². The average molecular weight is 272 g/mol. The molecule has 1 aromatic heterocycles. The maximum atomic E-state index is 11.6. The molecule has 1 aromatic carbocycles. The number of nitrogens with one attached hydrogen (secondary N) is 1. The minimum atomic E-state index is -0.185. The van der Waals surface area contributed by atoms with Crippen molar-refractivity contribution >= 4 is 0 Å². The summed E-state index contributed by atoms with van der Waals surface area (Å²) in [5.41, 5.74) is 1.31. The molecule has 1 fully saturated rings. The lowest BCUT2D eigenvalue weighted by molar-refractivity contribution is 0.177. The van der Waals surface area contributed by atoms with Crippen LogP contribution in [0.3, 0.4) is 0 Å². The third kappa shape index (κ3) is 3.05. The van der Waals surface area contributed by atoms with Crippen molar-refractivity contribution in [3.8, 4) is 17.0 Å². The fourth-order valence-corrected chi connectivity index (χ4v) is 1.97. The number of aromatic nitrogens is 2. The largest absolute Gasteiger partial charge is 0.490 e. The summed E-state index contributed by atoms with van der Waals surface area (Å²) in [5, 5.41) is 0. The predicted octanol–water partition coefficient (Wildman–Crippen LogP) is 2.12. The van der Waals surface area contributed by atoms with Gasteiger partial charge in [0.05, 0.1) is 11.8 Å². The van der Waals surface area contributed by atoms with Crippen molar-refractivity contribution in [2.45, 2.75) is 25.6 Å². The second-order valence-corrected chi connectivity index (χ2v) is 4.86. The third-order valence-corrected chi connectivity index (χ3v) is 3.03. The molecule has 5 nitrogen and oxygen atoms in total. The molecule has 1 saturated carbocycles. The molecule has 20 heavy (non-hydrogen) atoms. The van der Waals surface area contributed by atoms with E-state index in [4.69, 9.17) is 9.47 Å². The lowest BCUT2D eigenvalue weighted by Gasteiger charge is -2.07. The number of nitrogens with zero attached hydrogens (tertiary/aromatic N) is 1. The second kappa shape index (κ2) is 5.46. The second-order valence-electron chi connectivity index (χ2n) is 4.86. The van der Waals surface area contributed by atoms with E-state index in [0.29, 0.717) is 17.6 Å². The molecular weight excluding hydrogens is 256 g/mol. The number of hydrogen-bond acceptors (Lipinski definition) is 4. The molecule has 0 amide bonds. The Kier molecular flexibility index (Phi) is 3.52. The van der Waals surface area contributed by atoms with Crippen molar-refractivity contribution in [1.82, 2.24) is 9.97 Å². The fraction of sp³-hybridized carbons (Fsp3) is 0.333. The van der Waals surface area contributed by atoms with Crippen LogP contribution in [0.25, 0.3) is 11.3 Å². The van der Waals surface area contributed by atoms with Gasteiger partial charge in [-0.15, -0.1) is 0 Å². The molecule has 0 radical (unpaired) electrons. The highest BCUT2D eigenvalue weighted by Crippen LogP contribution is 2.29. The van der Waals surface area contributed by atoms with Crippen LogP contribution in [0.4, 0.5) is 0 Å². The van der Waals surface area contributed by atoms with Gasteiger partial charge in [-0.25, -0.2) is 4.98 Å². The standard InChI is InChI=1S/C15H16N2O3/c1-19-9-14-16-13(8-15(18)17-14)10-3-2-4-12(7-10)20-11-5-6-11/h2-4,7-8,11H,5-6,9H2,1H3,(H,16,17,18). The quantitative estimate of drug-likeness (QED) is 0.905. The lowest BCUT2D eigenvalue weighted by Crippen LogP contribution is -2.11. The Morgan fingerprint density at radius 3 is 2.95 bits per heavy atom. The van der Waals surface area contributed by atoms with Crippen LogP contribution in [0.15, 0.2) is 35.1 Å². The average Bonchev–Trinajstić information content (AvgIpc) is 3.23. The van der Waals surface area contributed by atoms with Gasteiger partial charge in [0.25, 0.3) is 5.56 Å². The Morgan fingerprint density at radius 1 is 1.35 bits per heavy atom. The Hall–Kier alpha value is -2.14. The first-order valence-electron chi connectivity index (χ1n) is 6.61. The summed E-state index contributed by atoms with van der Waals surface area (Å²) in [4.78, 5) is 18.7. The summed E-state index contributed by atoms with van der Waals surface area (Å²) in [6, 6.07) is 9.14. The van der Waals surface area contributed by atoms with E-state index in [0.717, 1.165) is 24.2 Å². The molecule has 104 valence electrons. The van der Waals surface area contributed by atoms with E-state index in [2.05, 4.69) is 9.97 Å². The van der Waals surface area contributed by atoms with Gasteiger partial charge < -0.3 is 14.5 Å². The minimum Gasteiger partial charge on any atom is -0.490 e. The zero-order valence-corrected chi connectivity index (χ0v) is 11.3. The summed E-state index contributed by atoms with van der Waals surface area (Å²) in [7, 11) is 1.57. The predicted molar refractivity (Wildman–Crippen MR) is 74.7 cm³/mol. The van der Waals surface area contributed by atoms with Crippen LogP contribution >= 0.6 is 0 Å². The van der Waals surface area contributed by atoms with E-state index >= 15 is 0 Å². The lowest BCUT2D eigenvalue weighted by atomic mass is 10.1. The van der Waals surface area contributed by atoms with Gasteiger partial charge in [-0.2, -0.15) is 0 Å². The van der Waals surface area contributed by atoms with E-state index in [1.807, 2.05) is 24.3 Å². The van der Waals surface area contributed by atoms with E-state index in [-0.39, 0.29) is 12.2 Å². The molecule has 0 bridgehead atoms. The van der Waals surface area contributed by atoms with E-state index in [1.165, 1.54) is 6.07 Å². The number of benzene rings is 1. The van der Waals surface area contributed by atoms with E-state index in [1.54, 1.807) is 7.11 Å².